The maximum Gasteiger partial charge on any atom is 0.373 e. The van der Waals surface area contributed by atoms with E-state index in [1.165, 1.54) is 6.08 Å². The Kier molecular flexibility index (Phi) is 27.2. The van der Waals surface area contributed by atoms with Crippen LogP contribution in [0.5, 0.6) is 0 Å². The first-order valence-corrected chi connectivity index (χ1v) is 6.16. The summed E-state index contributed by atoms with van der Waals surface area (Å²) >= 11 is 0. The number of esters is 2. The molecule has 0 saturated carbocycles. The molecule has 0 aliphatic carbocycles. The molecular formula is C14H22N2O8. The molecule has 0 heterocycles. The van der Waals surface area contributed by atoms with Crippen LogP contribution in [0, 0.1) is 0 Å². The van der Waals surface area contributed by atoms with Gasteiger partial charge in [0.1, 0.15) is 13.2 Å². The topological polar surface area (TPSA) is 174 Å². The highest BCUT2D eigenvalue weighted by Gasteiger charge is 2.00. The molecule has 0 aromatic heterocycles. The lowest BCUT2D eigenvalue weighted by atomic mass is 10.4. The number of isocyanates is 1. The quantitative estimate of drug-likeness (QED) is 0.203. The van der Waals surface area contributed by atoms with E-state index in [4.69, 9.17) is 15.3 Å². The first-order valence-electron chi connectivity index (χ1n) is 6.16. The van der Waals surface area contributed by atoms with Crippen LogP contribution in [0.4, 0.5) is 0 Å². The molecule has 0 aliphatic heterocycles. The molecule has 0 fully saturated rings. The number of carbonyl (C=O) groups is 2. The van der Waals surface area contributed by atoms with Crippen molar-refractivity contribution in [2.24, 2.45) is 10.7 Å². The van der Waals surface area contributed by atoms with Gasteiger partial charge in [0.15, 0.2) is 0 Å². The molecule has 0 rings (SSSR count). The minimum atomic E-state index is -0.467. The molecule has 136 valence electrons. The Morgan fingerprint density at radius 3 is 1.67 bits per heavy atom. The zero-order valence-corrected chi connectivity index (χ0v) is 13.6. The first-order chi connectivity index (χ1) is 10.8. The number of nitrogens with zero attached hydrogens (tertiary/aromatic N) is 1. The minimum absolute atomic E-state index is 0. The first kappa shape index (κ1) is 29.2. The van der Waals surface area contributed by atoms with E-state index in [9.17, 15) is 14.4 Å². The van der Waals surface area contributed by atoms with Crippen molar-refractivity contribution >= 4 is 24.2 Å². The third kappa shape index (κ3) is 27.4. The van der Waals surface area contributed by atoms with E-state index in [0.29, 0.717) is 17.7 Å². The van der Waals surface area contributed by atoms with Crippen LogP contribution in [0.2, 0.25) is 0 Å². The summed E-state index contributed by atoms with van der Waals surface area (Å²) in [5.41, 5.74) is 5.81. The summed E-state index contributed by atoms with van der Waals surface area (Å²) in [6.07, 6.45) is 1.58. The fourth-order valence-corrected chi connectivity index (χ4v) is 0.628. The maximum absolute atomic E-state index is 10.6. The van der Waals surface area contributed by atoms with Gasteiger partial charge in [-0.05, 0) is 13.8 Å². The van der Waals surface area contributed by atoms with E-state index < -0.39 is 5.97 Å². The van der Waals surface area contributed by atoms with Crippen LogP contribution in [0.25, 0.3) is 0 Å². The lowest BCUT2D eigenvalue weighted by Gasteiger charge is -1.99. The summed E-state index contributed by atoms with van der Waals surface area (Å²) in [4.78, 5) is 50.1. The predicted octanol–water partition coefficient (Wildman–Crippen LogP) is -0.902. The van der Waals surface area contributed by atoms with Gasteiger partial charge in [0.25, 0.3) is 0 Å². The third-order valence-electron chi connectivity index (χ3n) is 1.55. The average Bonchev–Trinajstić information content (AvgIpc) is 2.50. The minimum Gasteiger partial charge on any atom is -0.461 e. The van der Waals surface area contributed by atoms with Gasteiger partial charge in [-0.25, -0.2) is 19.4 Å². The van der Waals surface area contributed by atoms with Gasteiger partial charge in [-0.3, -0.25) is 0 Å². The van der Waals surface area contributed by atoms with Crippen molar-refractivity contribution in [3.63, 3.8) is 0 Å². The smallest absolute Gasteiger partial charge is 0.373 e. The highest BCUT2D eigenvalue weighted by atomic mass is 16.5. The van der Waals surface area contributed by atoms with Gasteiger partial charge >= 0.3 is 18.1 Å². The standard InChI is InChI=1S/C7H9NO3.C6H11NO2.CO2.H2O/c1-6(2)7(10)11-4-3-8-5-9;1-5(2)6(8)9-4-3-7;2-1-3;/h1,3-4H2,2H3;1,3-4,7H2,2H3;;1H2. The van der Waals surface area contributed by atoms with Crippen molar-refractivity contribution in [3.8, 4) is 0 Å². The summed E-state index contributed by atoms with van der Waals surface area (Å²) in [7, 11) is 0. The van der Waals surface area contributed by atoms with Crippen molar-refractivity contribution in [3.05, 3.63) is 24.3 Å². The fourth-order valence-electron chi connectivity index (χ4n) is 0.628. The normalized spacial score (nSPS) is 7.29. The Bertz CT molecular complexity index is 475. The highest BCUT2D eigenvalue weighted by Crippen LogP contribution is 1.91. The SMILES string of the molecule is C=C(C)C(=O)OCCN.C=C(C)C(=O)OCCN=C=O.O.O=C=O. The lowest BCUT2D eigenvalue weighted by molar-refractivity contribution is -0.191. The Balaban J connectivity index is -0.000000140. The van der Waals surface area contributed by atoms with Gasteiger partial charge in [0, 0.05) is 17.7 Å². The second-order valence-corrected chi connectivity index (χ2v) is 3.68. The van der Waals surface area contributed by atoms with Crippen LogP contribution in [0.1, 0.15) is 13.8 Å². The molecule has 0 saturated heterocycles. The zero-order valence-electron chi connectivity index (χ0n) is 13.6. The molecule has 0 bridgehead atoms. The van der Waals surface area contributed by atoms with Crippen LogP contribution in [0.3, 0.4) is 0 Å². The van der Waals surface area contributed by atoms with E-state index >= 15 is 0 Å². The van der Waals surface area contributed by atoms with Crippen LogP contribution >= 0.6 is 0 Å². The second kappa shape index (κ2) is 22.4. The van der Waals surface area contributed by atoms with Crippen molar-refractivity contribution in [1.29, 1.82) is 0 Å². The van der Waals surface area contributed by atoms with E-state index in [0.717, 1.165) is 0 Å². The van der Waals surface area contributed by atoms with Crippen molar-refractivity contribution in [1.82, 2.24) is 0 Å². The summed E-state index contributed by atoms with van der Waals surface area (Å²) in [6.45, 7) is 10.8. The highest BCUT2D eigenvalue weighted by molar-refractivity contribution is 5.87. The molecule has 0 unspecified atom stereocenters. The molecule has 0 amide bonds. The number of ether oxygens (including phenoxy) is 2. The second-order valence-electron chi connectivity index (χ2n) is 3.68. The molecular weight excluding hydrogens is 324 g/mol. The zero-order chi connectivity index (χ0) is 18.7. The molecule has 0 radical (unpaired) electrons. The maximum atomic E-state index is 10.6. The predicted molar refractivity (Wildman–Crippen MR) is 82.2 cm³/mol. The molecule has 0 aromatic rings. The van der Waals surface area contributed by atoms with E-state index in [1.54, 1.807) is 13.8 Å². The van der Waals surface area contributed by atoms with E-state index in [2.05, 4.69) is 27.6 Å². The molecule has 24 heavy (non-hydrogen) atoms. The number of rotatable bonds is 7. The van der Waals surface area contributed by atoms with Crippen molar-refractivity contribution < 1.29 is 38.9 Å². The summed E-state index contributed by atoms with van der Waals surface area (Å²) in [5, 5.41) is 0. The average molecular weight is 346 g/mol. The number of aliphatic imine (C=N–C) groups is 1. The lowest BCUT2D eigenvalue weighted by Crippen LogP contribution is -2.13. The van der Waals surface area contributed by atoms with Crippen molar-refractivity contribution in [2.45, 2.75) is 13.8 Å². The third-order valence-corrected chi connectivity index (χ3v) is 1.55. The van der Waals surface area contributed by atoms with Crippen LogP contribution in [-0.2, 0) is 33.4 Å². The molecule has 0 spiro atoms. The fraction of sp³-hybridized carbons (Fsp3) is 0.429. The number of hydrogen-bond donors (Lipinski definition) is 1. The monoisotopic (exact) mass is 346 g/mol. The molecule has 0 atom stereocenters. The Labute approximate surface area is 139 Å². The van der Waals surface area contributed by atoms with Gasteiger partial charge in [-0.1, -0.05) is 13.2 Å². The Hall–Kier alpha value is -2.90. The van der Waals surface area contributed by atoms with Gasteiger partial charge < -0.3 is 20.7 Å². The largest absolute Gasteiger partial charge is 0.461 e. The van der Waals surface area contributed by atoms with Crippen LogP contribution in [0.15, 0.2) is 29.3 Å². The van der Waals surface area contributed by atoms with Gasteiger partial charge in [0.05, 0.1) is 6.54 Å². The molecule has 0 aliphatic rings. The van der Waals surface area contributed by atoms with Crippen LogP contribution < -0.4 is 5.73 Å². The summed E-state index contributed by atoms with van der Waals surface area (Å²) < 4.78 is 9.18. The Morgan fingerprint density at radius 1 is 1.00 bits per heavy atom. The van der Waals surface area contributed by atoms with E-state index in [1.807, 2.05) is 0 Å². The summed E-state index contributed by atoms with van der Waals surface area (Å²) in [6, 6.07) is 0. The number of carbonyl (C=O) groups excluding carboxylic acids is 5. The van der Waals surface area contributed by atoms with Gasteiger partial charge in [0.2, 0.25) is 6.08 Å². The number of nitrogens with two attached hydrogens (primary N) is 1. The summed E-state index contributed by atoms with van der Waals surface area (Å²) in [5.74, 6) is -0.841. The molecule has 10 heteroatoms. The van der Waals surface area contributed by atoms with Gasteiger partial charge in [-0.15, -0.1) is 0 Å². The Morgan fingerprint density at radius 2 is 1.38 bits per heavy atom. The van der Waals surface area contributed by atoms with Crippen molar-refractivity contribution in [2.75, 3.05) is 26.3 Å². The molecule has 4 N–H and O–H groups in total. The number of hydrogen-bond acceptors (Lipinski definition) is 9. The van der Waals surface area contributed by atoms with Gasteiger partial charge in [-0.2, -0.15) is 9.59 Å². The van der Waals surface area contributed by atoms with E-state index in [-0.39, 0.29) is 37.4 Å². The van der Waals surface area contributed by atoms with Crippen LogP contribution in [-0.4, -0.2) is 55.9 Å². The molecule has 0 aromatic carbocycles. The molecule has 10 nitrogen and oxygen atoms in total.